The van der Waals surface area contributed by atoms with Crippen molar-refractivity contribution in [1.82, 2.24) is 9.62 Å². The van der Waals surface area contributed by atoms with Crippen LogP contribution in [0.4, 0.5) is 0 Å². The van der Waals surface area contributed by atoms with Crippen LogP contribution in [0.2, 0.25) is 0 Å². The maximum atomic E-state index is 12.6. The lowest BCUT2D eigenvalue weighted by Crippen LogP contribution is -2.46. The summed E-state index contributed by atoms with van der Waals surface area (Å²) in [6.45, 7) is 0.934. The van der Waals surface area contributed by atoms with Crippen molar-refractivity contribution in [3.63, 3.8) is 0 Å². The Kier molecular flexibility index (Phi) is 5.97. The number of sulfonamides is 1. The number of carbonyl (C=O) groups excluding carboxylic acids is 1. The maximum absolute atomic E-state index is 12.6. The van der Waals surface area contributed by atoms with Crippen molar-refractivity contribution >= 4 is 15.9 Å². The summed E-state index contributed by atoms with van der Waals surface area (Å²) in [4.78, 5) is 14.5. The van der Waals surface area contributed by atoms with Crippen LogP contribution in [-0.4, -0.2) is 45.5 Å². The molecule has 1 amide bonds. The first-order valence-electron chi connectivity index (χ1n) is 8.89. The predicted octanol–water partition coefficient (Wildman–Crippen LogP) is 2.15. The van der Waals surface area contributed by atoms with E-state index in [1.807, 2.05) is 6.07 Å². The molecule has 0 atom stereocenters. The number of hydrogen-bond acceptors (Lipinski definition) is 5. The molecule has 28 heavy (non-hydrogen) atoms. The summed E-state index contributed by atoms with van der Waals surface area (Å²) in [6.07, 6.45) is 1.08. The third-order valence-electron chi connectivity index (χ3n) is 4.73. The molecule has 1 fully saturated rings. The Morgan fingerprint density at radius 1 is 1.11 bits per heavy atom. The van der Waals surface area contributed by atoms with Gasteiger partial charge < -0.3 is 9.64 Å². The Labute approximate surface area is 164 Å². The quantitative estimate of drug-likeness (QED) is 0.830. The van der Waals surface area contributed by atoms with Gasteiger partial charge >= 0.3 is 0 Å². The normalized spacial score (nSPS) is 15.1. The number of piperidine rings is 1. The van der Waals surface area contributed by atoms with Gasteiger partial charge in [-0.1, -0.05) is 0 Å². The first-order valence-corrected chi connectivity index (χ1v) is 10.4. The van der Waals surface area contributed by atoms with Crippen LogP contribution in [0.3, 0.4) is 0 Å². The average Bonchev–Trinajstić information content (AvgIpc) is 2.73. The van der Waals surface area contributed by atoms with Crippen molar-refractivity contribution in [2.24, 2.45) is 0 Å². The van der Waals surface area contributed by atoms with Gasteiger partial charge in [-0.05, 0) is 61.4 Å². The monoisotopic (exact) mass is 399 g/mol. The van der Waals surface area contributed by atoms with Gasteiger partial charge in [-0.2, -0.15) is 5.26 Å². The number of methoxy groups -OCH3 is 1. The van der Waals surface area contributed by atoms with Crippen LogP contribution in [0.25, 0.3) is 0 Å². The molecular formula is C20H21N3O4S. The molecule has 0 spiro atoms. The van der Waals surface area contributed by atoms with Crippen molar-refractivity contribution in [2.45, 2.75) is 23.8 Å². The maximum Gasteiger partial charge on any atom is 0.253 e. The largest absolute Gasteiger partial charge is 0.497 e. The van der Waals surface area contributed by atoms with Crippen LogP contribution in [0.15, 0.2) is 53.4 Å². The molecule has 2 aromatic rings. The highest BCUT2D eigenvalue weighted by atomic mass is 32.2. The van der Waals surface area contributed by atoms with Crippen LogP contribution < -0.4 is 9.46 Å². The Bertz CT molecular complexity index is 972. The molecule has 0 saturated carbocycles. The van der Waals surface area contributed by atoms with Crippen molar-refractivity contribution < 1.29 is 17.9 Å². The number of benzene rings is 2. The van der Waals surface area contributed by atoms with Crippen LogP contribution in [0.5, 0.6) is 5.75 Å². The standard InChI is InChI=1S/C20H21N3O4S/c1-27-18-6-8-19(9-7-18)28(25,26)22-17-10-12-23(13-11-17)20(24)16-4-2-15(14-21)3-5-16/h2-9,17,22H,10-13H2,1H3. The van der Waals surface area contributed by atoms with Crippen LogP contribution in [0.1, 0.15) is 28.8 Å². The molecule has 1 N–H and O–H groups in total. The van der Waals surface area contributed by atoms with Gasteiger partial charge in [0.2, 0.25) is 10.0 Å². The fraction of sp³-hybridized carbons (Fsp3) is 0.300. The van der Waals surface area contributed by atoms with E-state index in [-0.39, 0.29) is 16.8 Å². The van der Waals surface area contributed by atoms with Gasteiger partial charge in [-0.3, -0.25) is 4.79 Å². The molecule has 7 nitrogen and oxygen atoms in total. The molecule has 0 aromatic heterocycles. The molecule has 0 aliphatic carbocycles. The third-order valence-corrected chi connectivity index (χ3v) is 6.27. The Hall–Kier alpha value is -2.89. The molecule has 1 aliphatic heterocycles. The molecule has 8 heteroatoms. The summed E-state index contributed by atoms with van der Waals surface area (Å²) in [5.74, 6) is 0.481. The molecule has 0 bridgehead atoms. The fourth-order valence-electron chi connectivity index (χ4n) is 3.11. The molecule has 0 radical (unpaired) electrons. The number of likely N-dealkylation sites (tertiary alicyclic amines) is 1. The van der Waals surface area contributed by atoms with Gasteiger partial charge in [0.25, 0.3) is 5.91 Å². The van der Waals surface area contributed by atoms with Gasteiger partial charge in [0.1, 0.15) is 5.75 Å². The number of hydrogen-bond donors (Lipinski definition) is 1. The van der Waals surface area contributed by atoms with E-state index < -0.39 is 10.0 Å². The summed E-state index contributed by atoms with van der Waals surface area (Å²) in [5.41, 5.74) is 1.03. The lowest BCUT2D eigenvalue weighted by Gasteiger charge is -2.32. The van der Waals surface area contributed by atoms with E-state index in [2.05, 4.69) is 4.72 Å². The highest BCUT2D eigenvalue weighted by Crippen LogP contribution is 2.19. The summed E-state index contributed by atoms with van der Waals surface area (Å²) in [5, 5.41) is 8.84. The summed E-state index contributed by atoms with van der Waals surface area (Å²) in [6, 6.07) is 14.5. The van der Waals surface area contributed by atoms with E-state index in [1.54, 1.807) is 41.3 Å². The van der Waals surface area contributed by atoms with Crippen molar-refractivity contribution in [3.8, 4) is 11.8 Å². The Balaban J connectivity index is 1.58. The second-order valence-corrected chi connectivity index (χ2v) is 8.27. The number of nitriles is 1. The van der Waals surface area contributed by atoms with Gasteiger partial charge in [0.05, 0.1) is 23.6 Å². The predicted molar refractivity (Wildman–Crippen MR) is 103 cm³/mol. The first-order chi connectivity index (χ1) is 13.4. The van der Waals surface area contributed by atoms with Crippen LogP contribution in [-0.2, 0) is 10.0 Å². The zero-order valence-corrected chi connectivity index (χ0v) is 16.3. The second-order valence-electron chi connectivity index (χ2n) is 6.55. The minimum Gasteiger partial charge on any atom is -0.497 e. The van der Waals surface area contributed by atoms with Gasteiger partial charge in [0.15, 0.2) is 0 Å². The molecular weight excluding hydrogens is 378 g/mol. The lowest BCUT2D eigenvalue weighted by atomic mass is 10.0. The molecule has 1 heterocycles. The minimum atomic E-state index is -3.62. The molecule has 0 unspecified atom stereocenters. The number of rotatable bonds is 5. The van der Waals surface area contributed by atoms with Gasteiger partial charge in [0, 0.05) is 24.7 Å². The number of nitrogens with zero attached hydrogens (tertiary/aromatic N) is 2. The average molecular weight is 399 g/mol. The van der Waals surface area contributed by atoms with Gasteiger partial charge in [-0.15, -0.1) is 0 Å². The topological polar surface area (TPSA) is 99.5 Å². The van der Waals surface area contributed by atoms with E-state index in [0.717, 1.165) is 0 Å². The van der Waals surface area contributed by atoms with E-state index in [9.17, 15) is 13.2 Å². The number of carbonyl (C=O) groups is 1. The number of ether oxygens (including phenoxy) is 1. The SMILES string of the molecule is COc1ccc(S(=O)(=O)NC2CCN(C(=O)c3ccc(C#N)cc3)CC2)cc1. The first kappa shape index (κ1) is 19.9. The Morgan fingerprint density at radius 3 is 2.25 bits per heavy atom. The summed E-state index contributed by atoms with van der Waals surface area (Å²) in [7, 11) is -2.10. The van der Waals surface area contributed by atoms with Gasteiger partial charge in [-0.25, -0.2) is 13.1 Å². The van der Waals surface area contributed by atoms with E-state index >= 15 is 0 Å². The van der Waals surface area contributed by atoms with Crippen LogP contribution >= 0.6 is 0 Å². The minimum absolute atomic E-state index is 0.110. The second kappa shape index (κ2) is 8.42. The number of amides is 1. The van der Waals surface area contributed by atoms with Crippen molar-refractivity contribution in [1.29, 1.82) is 5.26 Å². The van der Waals surface area contributed by atoms with E-state index in [4.69, 9.17) is 10.00 Å². The molecule has 146 valence electrons. The highest BCUT2D eigenvalue weighted by Gasteiger charge is 2.27. The lowest BCUT2D eigenvalue weighted by molar-refractivity contribution is 0.0711. The highest BCUT2D eigenvalue weighted by molar-refractivity contribution is 7.89. The summed E-state index contributed by atoms with van der Waals surface area (Å²) < 4.78 is 32.8. The Morgan fingerprint density at radius 2 is 1.71 bits per heavy atom. The summed E-state index contributed by atoms with van der Waals surface area (Å²) >= 11 is 0. The molecule has 3 rings (SSSR count). The molecule has 2 aromatic carbocycles. The number of nitrogens with one attached hydrogen (secondary N) is 1. The third kappa shape index (κ3) is 4.50. The van der Waals surface area contributed by atoms with E-state index in [1.165, 1.54) is 19.2 Å². The van der Waals surface area contributed by atoms with Crippen LogP contribution in [0, 0.1) is 11.3 Å². The fourth-order valence-corrected chi connectivity index (χ4v) is 4.42. The van der Waals surface area contributed by atoms with Crippen molar-refractivity contribution in [3.05, 3.63) is 59.7 Å². The molecule has 1 saturated heterocycles. The smallest absolute Gasteiger partial charge is 0.253 e. The van der Waals surface area contributed by atoms with Crippen molar-refractivity contribution in [2.75, 3.05) is 20.2 Å². The van der Waals surface area contributed by atoms with E-state index in [0.29, 0.717) is 42.8 Å². The molecule has 1 aliphatic rings. The zero-order valence-electron chi connectivity index (χ0n) is 15.5. The zero-order chi connectivity index (χ0) is 20.1.